The van der Waals surface area contributed by atoms with Gasteiger partial charge >= 0.3 is 0 Å². The number of hydrogen-bond acceptors (Lipinski definition) is 5. The number of carbonyl (C=O) groups is 1. The van der Waals surface area contributed by atoms with Crippen molar-refractivity contribution >= 4 is 36.4 Å². The molecule has 1 aromatic heterocycles. The van der Waals surface area contributed by atoms with Crippen LogP contribution in [-0.2, 0) is 16.1 Å². The number of amides is 1. The molecule has 0 aliphatic carbocycles. The zero-order valence-electron chi connectivity index (χ0n) is 13.0. The molecule has 3 rings (SSSR count). The van der Waals surface area contributed by atoms with Gasteiger partial charge in [0.05, 0.1) is 12.6 Å². The molecule has 1 amide bonds. The largest absolute Gasteiger partial charge is 0.364 e. The van der Waals surface area contributed by atoms with Crippen molar-refractivity contribution in [2.24, 2.45) is 5.73 Å². The van der Waals surface area contributed by atoms with Crippen molar-refractivity contribution in [2.45, 2.75) is 31.6 Å². The van der Waals surface area contributed by atoms with Crippen LogP contribution in [0, 0.1) is 0 Å². The predicted octanol–water partition coefficient (Wildman–Crippen LogP) is 1.61. The Hall–Kier alpha value is -1.67. The molecule has 1 aromatic carbocycles. The third-order valence-corrected chi connectivity index (χ3v) is 3.67. The second-order valence-corrected chi connectivity index (χ2v) is 5.34. The molecule has 132 valence electrons. The van der Waals surface area contributed by atoms with E-state index in [9.17, 15) is 4.79 Å². The Kier molecular flexibility index (Phi) is 8.14. The number of halogens is 2. The van der Waals surface area contributed by atoms with Gasteiger partial charge in [-0.15, -0.1) is 24.8 Å². The van der Waals surface area contributed by atoms with Crippen LogP contribution in [0.5, 0.6) is 0 Å². The normalized spacial score (nSPS) is 19.2. The minimum Gasteiger partial charge on any atom is -0.364 e. The Labute approximate surface area is 152 Å². The van der Waals surface area contributed by atoms with E-state index in [1.165, 1.54) is 6.33 Å². The van der Waals surface area contributed by atoms with Crippen molar-refractivity contribution in [1.82, 2.24) is 14.8 Å². The molecular formula is C15H21Cl2N5O2. The van der Waals surface area contributed by atoms with Gasteiger partial charge in [0.1, 0.15) is 18.8 Å². The molecule has 1 aliphatic heterocycles. The number of nitrogens with one attached hydrogen (secondary N) is 1. The second kappa shape index (κ2) is 9.58. The Morgan fingerprint density at radius 1 is 1.38 bits per heavy atom. The monoisotopic (exact) mass is 373 g/mol. The van der Waals surface area contributed by atoms with Crippen LogP contribution in [0.4, 0.5) is 5.69 Å². The summed E-state index contributed by atoms with van der Waals surface area (Å²) in [4.78, 5) is 16.1. The molecule has 1 saturated heterocycles. The first-order valence-corrected chi connectivity index (χ1v) is 7.32. The van der Waals surface area contributed by atoms with E-state index in [-0.39, 0.29) is 36.8 Å². The average molecular weight is 374 g/mol. The third-order valence-electron chi connectivity index (χ3n) is 3.67. The van der Waals surface area contributed by atoms with Gasteiger partial charge < -0.3 is 15.8 Å². The summed E-state index contributed by atoms with van der Waals surface area (Å²) in [7, 11) is 0. The lowest BCUT2D eigenvalue weighted by molar-refractivity contribution is -0.126. The number of nitrogens with two attached hydrogens (primary N) is 1. The SMILES string of the molecule is Cl.Cl.NC[C@H]1CC[C@@H](C(=O)Nc2cccc(Cn3cncn3)c2)O1. The lowest BCUT2D eigenvalue weighted by Gasteiger charge is -2.13. The fourth-order valence-corrected chi connectivity index (χ4v) is 2.54. The lowest BCUT2D eigenvalue weighted by Crippen LogP contribution is -2.29. The van der Waals surface area contributed by atoms with E-state index in [1.807, 2.05) is 24.3 Å². The molecule has 1 aliphatic rings. The van der Waals surface area contributed by atoms with Crippen LogP contribution in [-0.4, -0.2) is 39.4 Å². The van der Waals surface area contributed by atoms with Crippen molar-refractivity contribution in [3.63, 3.8) is 0 Å². The van der Waals surface area contributed by atoms with Crippen LogP contribution in [0.15, 0.2) is 36.9 Å². The maximum absolute atomic E-state index is 12.2. The van der Waals surface area contributed by atoms with E-state index in [0.29, 0.717) is 19.5 Å². The highest BCUT2D eigenvalue weighted by molar-refractivity contribution is 5.94. The summed E-state index contributed by atoms with van der Waals surface area (Å²) in [6.45, 7) is 1.07. The lowest BCUT2D eigenvalue weighted by atomic mass is 10.1. The van der Waals surface area contributed by atoms with Gasteiger partial charge in [-0.3, -0.25) is 4.79 Å². The standard InChI is InChI=1S/C15H19N5O2.2ClH/c16-7-13-4-5-14(22-13)15(21)19-12-3-1-2-11(6-12)8-20-10-17-9-18-20;;/h1-3,6,9-10,13-14H,4-5,7-8,16H2,(H,19,21);2*1H/t13-,14+;;/m1../s1. The van der Waals surface area contributed by atoms with Crippen LogP contribution in [0.25, 0.3) is 0 Å². The summed E-state index contributed by atoms with van der Waals surface area (Å²) in [6, 6.07) is 7.67. The first-order chi connectivity index (χ1) is 10.7. The van der Waals surface area contributed by atoms with Gasteiger partial charge in [0, 0.05) is 12.2 Å². The molecule has 3 N–H and O–H groups in total. The molecule has 2 aromatic rings. The van der Waals surface area contributed by atoms with Crippen molar-refractivity contribution in [3.05, 3.63) is 42.5 Å². The second-order valence-electron chi connectivity index (χ2n) is 5.34. The van der Waals surface area contributed by atoms with Gasteiger partial charge in [-0.25, -0.2) is 9.67 Å². The molecule has 7 nitrogen and oxygen atoms in total. The van der Waals surface area contributed by atoms with Crippen molar-refractivity contribution < 1.29 is 9.53 Å². The number of ether oxygens (including phenoxy) is 1. The number of nitrogens with zero attached hydrogens (tertiary/aromatic N) is 3. The summed E-state index contributed by atoms with van der Waals surface area (Å²) in [5.74, 6) is -0.117. The van der Waals surface area contributed by atoms with Crippen molar-refractivity contribution in [3.8, 4) is 0 Å². The fraction of sp³-hybridized carbons (Fsp3) is 0.400. The summed E-state index contributed by atoms with van der Waals surface area (Å²) in [6.07, 6.45) is 4.29. The average Bonchev–Trinajstić information content (AvgIpc) is 3.18. The molecule has 2 atom stereocenters. The van der Waals surface area contributed by atoms with E-state index >= 15 is 0 Å². The first-order valence-electron chi connectivity index (χ1n) is 7.32. The quantitative estimate of drug-likeness (QED) is 0.829. The summed E-state index contributed by atoms with van der Waals surface area (Å²) in [5, 5.41) is 6.97. The summed E-state index contributed by atoms with van der Waals surface area (Å²) < 4.78 is 7.33. The van der Waals surface area contributed by atoms with Gasteiger partial charge in [-0.2, -0.15) is 5.10 Å². The number of hydrogen-bond donors (Lipinski definition) is 2. The molecule has 9 heteroatoms. The number of aromatic nitrogens is 3. The van der Waals surface area contributed by atoms with Crippen LogP contribution in [0.2, 0.25) is 0 Å². The van der Waals surface area contributed by atoms with Gasteiger partial charge in [0.15, 0.2) is 0 Å². The molecule has 0 spiro atoms. The van der Waals surface area contributed by atoms with Crippen LogP contribution >= 0.6 is 24.8 Å². The Morgan fingerprint density at radius 3 is 2.88 bits per heavy atom. The molecule has 0 radical (unpaired) electrons. The van der Waals surface area contributed by atoms with Crippen LogP contribution in [0.1, 0.15) is 18.4 Å². The smallest absolute Gasteiger partial charge is 0.253 e. The number of anilines is 1. The van der Waals surface area contributed by atoms with Gasteiger partial charge in [-0.05, 0) is 30.5 Å². The molecular weight excluding hydrogens is 353 g/mol. The zero-order valence-corrected chi connectivity index (χ0v) is 14.6. The van der Waals surface area contributed by atoms with Gasteiger partial charge in [0.25, 0.3) is 5.91 Å². The highest BCUT2D eigenvalue weighted by Gasteiger charge is 2.29. The first kappa shape index (κ1) is 20.4. The van der Waals surface area contributed by atoms with E-state index < -0.39 is 6.10 Å². The van der Waals surface area contributed by atoms with Gasteiger partial charge in [0.2, 0.25) is 0 Å². The molecule has 24 heavy (non-hydrogen) atoms. The van der Waals surface area contributed by atoms with Crippen LogP contribution < -0.4 is 11.1 Å². The van der Waals surface area contributed by atoms with E-state index in [2.05, 4.69) is 15.4 Å². The highest BCUT2D eigenvalue weighted by atomic mass is 35.5. The predicted molar refractivity (Wildman–Crippen MR) is 95.6 cm³/mol. The molecule has 0 unspecified atom stereocenters. The zero-order chi connectivity index (χ0) is 15.4. The van der Waals surface area contributed by atoms with E-state index in [4.69, 9.17) is 10.5 Å². The van der Waals surface area contributed by atoms with E-state index in [0.717, 1.165) is 17.7 Å². The third kappa shape index (κ3) is 5.17. The summed E-state index contributed by atoms with van der Waals surface area (Å²) in [5.41, 5.74) is 7.35. The molecule has 0 bridgehead atoms. The minimum absolute atomic E-state index is 0. The fourth-order valence-electron chi connectivity index (χ4n) is 2.54. The van der Waals surface area contributed by atoms with Crippen molar-refractivity contribution in [1.29, 1.82) is 0 Å². The maximum atomic E-state index is 12.2. The minimum atomic E-state index is -0.410. The number of carbonyl (C=O) groups excluding carboxylic acids is 1. The maximum Gasteiger partial charge on any atom is 0.253 e. The number of rotatable bonds is 5. The Morgan fingerprint density at radius 2 is 2.21 bits per heavy atom. The number of benzene rings is 1. The highest BCUT2D eigenvalue weighted by Crippen LogP contribution is 2.21. The van der Waals surface area contributed by atoms with Crippen molar-refractivity contribution in [2.75, 3.05) is 11.9 Å². The molecule has 1 fully saturated rings. The molecule has 2 heterocycles. The Balaban J connectivity index is 0.00000144. The van der Waals surface area contributed by atoms with Crippen LogP contribution in [0.3, 0.4) is 0 Å². The molecule has 0 saturated carbocycles. The van der Waals surface area contributed by atoms with Gasteiger partial charge in [-0.1, -0.05) is 12.1 Å². The van der Waals surface area contributed by atoms with E-state index in [1.54, 1.807) is 11.0 Å². The Bertz CT molecular complexity index is 639. The topological polar surface area (TPSA) is 95.1 Å². The summed E-state index contributed by atoms with van der Waals surface area (Å²) >= 11 is 0.